The van der Waals surface area contributed by atoms with E-state index in [0.717, 1.165) is 29.1 Å². The van der Waals surface area contributed by atoms with Gasteiger partial charge in [-0.2, -0.15) is 0 Å². The van der Waals surface area contributed by atoms with Crippen molar-refractivity contribution in [2.24, 2.45) is 0 Å². The monoisotopic (exact) mass is 515 g/mol. The Bertz CT molecular complexity index is 1450. The number of aromatic carboxylic acids is 1. The maximum absolute atomic E-state index is 12.2. The van der Waals surface area contributed by atoms with Crippen LogP contribution in [0.15, 0.2) is 60.8 Å². The Kier molecular flexibility index (Phi) is 7.12. The van der Waals surface area contributed by atoms with Gasteiger partial charge in [0.1, 0.15) is 17.2 Å². The summed E-state index contributed by atoms with van der Waals surface area (Å²) in [6.45, 7) is 3.50. The minimum atomic E-state index is -0.981. The first-order valence-corrected chi connectivity index (χ1v) is 12.5. The number of carbonyl (C=O) groups excluding carboxylic acids is 1. The number of carbonyl (C=O) groups is 2. The minimum absolute atomic E-state index is 0.111. The molecule has 0 saturated carbocycles. The molecule has 38 heavy (non-hydrogen) atoms. The number of methoxy groups -OCH3 is 1. The van der Waals surface area contributed by atoms with Gasteiger partial charge in [-0.3, -0.25) is 4.79 Å². The molecule has 10 heteroatoms. The van der Waals surface area contributed by atoms with Crippen LogP contribution in [0.2, 0.25) is 0 Å². The van der Waals surface area contributed by atoms with E-state index in [4.69, 9.17) is 14.6 Å². The maximum Gasteiger partial charge on any atom is 0.335 e. The minimum Gasteiger partial charge on any atom is -0.497 e. The van der Waals surface area contributed by atoms with E-state index in [1.807, 2.05) is 42.2 Å². The summed E-state index contributed by atoms with van der Waals surface area (Å²) in [5.41, 5.74) is 3.32. The maximum atomic E-state index is 12.2. The topological polar surface area (TPSA) is 119 Å². The number of pyridine rings is 1. The second-order valence-corrected chi connectivity index (χ2v) is 9.10. The fraction of sp³-hybridized carbons (Fsp3) is 0.286. The first-order valence-electron chi connectivity index (χ1n) is 12.5. The molecule has 196 valence electrons. The van der Waals surface area contributed by atoms with E-state index in [0.29, 0.717) is 43.0 Å². The van der Waals surface area contributed by atoms with Gasteiger partial charge in [0, 0.05) is 31.3 Å². The van der Waals surface area contributed by atoms with E-state index < -0.39 is 5.97 Å². The number of anilines is 2. The molecule has 0 spiro atoms. The van der Waals surface area contributed by atoms with E-state index in [1.165, 1.54) is 0 Å². The Morgan fingerprint density at radius 2 is 1.87 bits per heavy atom. The SMILES string of the molecule is CCC(=O)N1CCC(Oc2nn(Cc3ccc(OC)cc3)c3nccc(Nc4ccc(C(=O)O)cc4)c23)C1. The molecule has 2 aromatic heterocycles. The highest BCUT2D eigenvalue weighted by Gasteiger charge is 2.29. The van der Waals surface area contributed by atoms with Crippen molar-refractivity contribution < 1.29 is 24.2 Å². The number of carboxylic acids is 1. The average Bonchev–Trinajstić information content (AvgIpc) is 3.54. The van der Waals surface area contributed by atoms with Gasteiger partial charge in [-0.25, -0.2) is 14.5 Å². The molecule has 2 N–H and O–H groups in total. The lowest BCUT2D eigenvalue weighted by Gasteiger charge is -2.16. The number of rotatable bonds is 9. The second kappa shape index (κ2) is 10.8. The highest BCUT2D eigenvalue weighted by Crippen LogP contribution is 2.34. The lowest BCUT2D eigenvalue weighted by atomic mass is 10.2. The Hall–Kier alpha value is -4.60. The number of carboxylic acid groups (broad SMARTS) is 1. The summed E-state index contributed by atoms with van der Waals surface area (Å²) in [5, 5.41) is 18.1. The van der Waals surface area contributed by atoms with Gasteiger partial charge >= 0.3 is 5.97 Å². The van der Waals surface area contributed by atoms with Gasteiger partial charge in [0.15, 0.2) is 5.65 Å². The van der Waals surface area contributed by atoms with Crippen LogP contribution in [0.1, 0.15) is 35.7 Å². The number of aromatic nitrogens is 3. The smallest absolute Gasteiger partial charge is 0.335 e. The van der Waals surface area contributed by atoms with Crippen LogP contribution in [0.5, 0.6) is 11.6 Å². The van der Waals surface area contributed by atoms with Gasteiger partial charge in [0.25, 0.3) is 0 Å². The molecule has 4 aromatic rings. The summed E-state index contributed by atoms with van der Waals surface area (Å²) in [5.74, 6) is 0.335. The predicted octanol–water partition coefficient (Wildman–Crippen LogP) is 4.32. The predicted molar refractivity (Wildman–Crippen MR) is 142 cm³/mol. The summed E-state index contributed by atoms with van der Waals surface area (Å²) in [4.78, 5) is 29.9. The first-order chi connectivity index (χ1) is 18.4. The highest BCUT2D eigenvalue weighted by atomic mass is 16.5. The summed E-state index contributed by atoms with van der Waals surface area (Å²) < 4.78 is 13.5. The number of benzene rings is 2. The molecule has 2 aromatic carbocycles. The summed E-state index contributed by atoms with van der Waals surface area (Å²) in [7, 11) is 1.63. The van der Waals surface area contributed by atoms with Crippen molar-refractivity contribution in [2.75, 3.05) is 25.5 Å². The molecule has 1 amide bonds. The summed E-state index contributed by atoms with van der Waals surface area (Å²) in [6, 6.07) is 16.1. The molecule has 10 nitrogen and oxygen atoms in total. The Balaban J connectivity index is 1.49. The van der Waals surface area contributed by atoms with E-state index in [2.05, 4.69) is 10.3 Å². The number of ether oxygens (including phenoxy) is 2. The molecule has 0 aliphatic carbocycles. The first kappa shape index (κ1) is 25.1. The van der Waals surface area contributed by atoms with Crippen LogP contribution in [0, 0.1) is 0 Å². The third-order valence-electron chi connectivity index (χ3n) is 6.58. The van der Waals surface area contributed by atoms with Crippen LogP contribution in [0.4, 0.5) is 11.4 Å². The van der Waals surface area contributed by atoms with Crippen molar-refractivity contribution in [3.8, 4) is 11.6 Å². The van der Waals surface area contributed by atoms with Crippen molar-refractivity contribution >= 4 is 34.3 Å². The van der Waals surface area contributed by atoms with Crippen LogP contribution in [0.25, 0.3) is 11.0 Å². The third-order valence-corrected chi connectivity index (χ3v) is 6.58. The molecule has 1 fully saturated rings. The zero-order valence-electron chi connectivity index (χ0n) is 21.3. The van der Waals surface area contributed by atoms with E-state index in [-0.39, 0.29) is 17.6 Å². The Morgan fingerprint density at radius 1 is 1.11 bits per heavy atom. The molecule has 1 atom stereocenters. The molecule has 1 aliphatic heterocycles. The van der Waals surface area contributed by atoms with Crippen molar-refractivity contribution in [2.45, 2.75) is 32.4 Å². The Labute approximate surface area is 219 Å². The molecular formula is C28H29N5O5. The highest BCUT2D eigenvalue weighted by molar-refractivity contribution is 5.96. The molecule has 3 heterocycles. The number of likely N-dealkylation sites (tertiary alicyclic amines) is 1. The van der Waals surface area contributed by atoms with E-state index in [9.17, 15) is 14.7 Å². The summed E-state index contributed by atoms with van der Waals surface area (Å²) >= 11 is 0. The summed E-state index contributed by atoms with van der Waals surface area (Å²) in [6.07, 6.45) is 2.70. The second-order valence-electron chi connectivity index (χ2n) is 9.10. The van der Waals surface area contributed by atoms with Gasteiger partial charge < -0.3 is 24.8 Å². The molecular weight excluding hydrogens is 486 g/mol. The quantitative estimate of drug-likeness (QED) is 0.338. The average molecular weight is 516 g/mol. The molecule has 0 radical (unpaired) electrons. The zero-order chi connectivity index (χ0) is 26.6. The van der Waals surface area contributed by atoms with Crippen molar-refractivity contribution in [1.82, 2.24) is 19.7 Å². The number of fused-ring (bicyclic) bond motifs is 1. The lowest BCUT2D eigenvalue weighted by Crippen LogP contribution is -2.30. The molecule has 5 rings (SSSR count). The van der Waals surface area contributed by atoms with Gasteiger partial charge in [0.2, 0.25) is 11.8 Å². The zero-order valence-corrected chi connectivity index (χ0v) is 21.3. The molecule has 1 saturated heterocycles. The van der Waals surface area contributed by atoms with E-state index in [1.54, 1.807) is 42.3 Å². The van der Waals surface area contributed by atoms with Crippen molar-refractivity contribution in [3.63, 3.8) is 0 Å². The van der Waals surface area contributed by atoms with Gasteiger partial charge in [0.05, 0.1) is 31.5 Å². The number of hydrogen-bond acceptors (Lipinski definition) is 7. The van der Waals surface area contributed by atoms with Crippen LogP contribution in [-0.2, 0) is 11.3 Å². The molecule has 1 unspecified atom stereocenters. The largest absolute Gasteiger partial charge is 0.497 e. The fourth-order valence-electron chi connectivity index (χ4n) is 4.55. The number of hydrogen-bond donors (Lipinski definition) is 2. The number of nitrogens with one attached hydrogen (secondary N) is 1. The fourth-order valence-corrected chi connectivity index (χ4v) is 4.55. The number of nitrogens with zero attached hydrogens (tertiary/aromatic N) is 4. The van der Waals surface area contributed by atoms with Gasteiger partial charge in [-0.15, -0.1) is 5.10 Å². The normalized spacial score (nSPS) is 15.0. The van der Waals surface area contributed by atoms with Crippen LogP contribution in [-0.4, -0.2) is 63.0 Å². The van der Waals surface area contributed by atoms with Crippen LogP contribution in [0.3, 0.4) is 0 Å². The Morgan fingerprint density at radius 3 is 2.55 bits per heavy atom. The lowest BCUT2D eigenvalue weighted by molar-refractivity contribution is -0.130. The van der Waals surface area contributed by atoms with Crippen LogP contribution >= 0.6 is 0 Å². The molecule has 1 aliphatic rings. The number of amides is 1. The van der Waals surface area contributed by atoms with E-state index >= 15 is 0 Å². The van der Waals surface area contributed by atoms with Crippen molar-refractivity contribution in [1.29, 1.82) is 0 Å². The van der Waals surface area contributed by atoms with Crippen molar-refractivity contribution in [3.05, 3.63) is 71.9 Å². The van der Waals surface area contributed by atoms with Gasteiger partial charge in [-0.05, 0) is 48.0 Å². The molecule has 0 bridgehead atoms. The standard InChI is InChI=1S/C28H29N5O5/c1-3-24(34)32-15-13-22(17-32)38-27-25-23(30-20-8-6-19(7-9-20)28(35)36)12-14-29-26(25)33(31-27)16-18-4-10-21(37-2)11-5-18/h4-12,14,22H,3,13,15-17H2,1-2H3,(H,29,30)(H,35,36). The third kappa shape index (κ3) is 5.24. The van der Waals surface area contributed by atoms with Crippen LogP contribution < -0.4 is 14.8 Å². The van der Waals surface area contributed by atoms with Gasteiger partial charge in [-0.1, -0.05) is 19.1 Å².